The molecule has 0 spiro atoms. The molecule has 0 amide bonds. The molecular weight excluding hydrogens is 307 g/mol. The van der Waals surface area contributed by atoms with Crippen molar-refractivity contribution in [2.75, 3.05) is 0 Å². The van der Waals surface area contributed by atoms with Gasteiger partial charge in [0.1, 0.15) is 0 Å². The Kier molecular flexibility index (Phi) is 2.88. The lowest BCUT2D eigenvalue weighted by atomic mass is 9.77. The highest BCUT2D eigenvalue weighted by Gasteiger charge is 2.51. The average Bonchev–Trinajstić information content (AvgIpc) is 3.01. The Bertz CT molecular complexity index is 1000. The van der Waals surface area contributed by atoms with E-state index in [9.17, 15) is 0 Å². The maximum Gasteiger partial charge on any atom is 0.494 e. The summed E-state index contributed by atoms with van der Waals surface area (Å²) in [6.07, 6.45) is 0. The molecule has 2 nitrogen and oxygen atoms in total. The second-order valence-corrected chi connectivity index (χ2v) is 8.11. The van der Waals surface area contributed by atoms with E-state index >= 15 is 0 Å². The van der Waals surface area contributed by atoms with E-state index in [1.165, 1.54) is 33.0 Å². The van der Waals surface area contributed by atoms with Crippen LogP contribution in [-0.2, 0) is 9.31 Å². The van der Waals surface area contributed by atoms with Gasteiger partial charge in [-0.3, -0.25) is 0 Å². The molecule has 3 heteroatoms. The molecule has 1 saturated heterocycles. The molecular formula is C22H21BO2. The van der Waals surface area contributed by atoms with Crippen LogP contribution in [0.5, 0.6) is 0 Å². The summed E-state index contributed by atoms with van der Waals surface area (Å²) in [6, 6.07) is 19.6. The third-order valence-electron chi connectivity index (χ3n) is 6.03. The van der Waals surface area contributed by atoms with E-state index in [0.717, 1.165) is 5.46 Å². The molecule has 3 aromatic carbocycles. The zero-order chi connectivity index (χ0) is 17.4. The maximum absolute atomic E-state index is 6.28. The molecule has 3 aromatic rings. The standard InChI is InChI=1S/C22H21BO2/c1-21(2)22(3,4)25-23(24-21)15-12-14-8-7-11-18-16-9-5-6-10-17(16)19(13-15)20(14)18/h5-13H,1-4H3. The van der Waals surface area contributed by atoms with E-state index in [1.807, 2.05) is 0 Å². The number of benzene rings is 3. The topological polar surface area (TPSA) is 18.5 Å². The zero-order valence-corrected chi connectivity index (χ0v) is 15.1. The van der Waals surface area contributed by atoms with Crippen molar-refractivity contribution in [2.24, 2.45) is 0 Å². The van der Waals surface area contributed by atoms with Crippen LogP contribution in [0.2, 0.25) is 0 Å². The Labute approximate surface area is 148 Å². The molecule has 1 aliphatic heterocycles. The summed E-state index contributed by atoms with van der Waals surface area (Å²) in [6.45, 7) is 8.39. The van der Waals surface area contributed by atoms with Gasteiger partial charge in [0, 0.05) is 0 Å². The number of hydrogen-bond acceptors (Lipinski definition) is 2. The molecule has 1 heterocycles. The van der Waals surface area contributed by atoms with Crippen LogP contribution in [0, 0.1) is 0 Å². The van der Waals surface area contributed by atoms with Crippen LogP contribution >= 0.6 is 0 Å². The van der Waals surface area contributed by atoms with Gasteiger partial charge in [0.15, 0.2) is 0 Å². The summed E-state index contributed by atoms with van der Waals surface area (Å²) in [7, 11) is -0.331. The minimum absolute atomic E-state index is 0.327. The van der Waals surface area contributed by atoms with Gasteiger partial charge >= 0.3 is 7.12 Å². The van der Waals surface area contributed by atoms with Gasteiger partial charge in [-0.25, -0.2) is 0 Å². The maximum atomic E-state index is 6.28. The van der Waals surface area contributed by atoms with Crippen molar-refractivity contribution in [3.05, 3.63) is 54.6 Å². The van der Waals surface area contributed by atoms with E-state index in [1.54, 1.807) is 0 Å². The second-order valence-electron chi connectivity index (χ2n) is 8.11. The van der Waals surface area contributed by atoms with Crippen molar-refractivity contribution in [1.82, 2.24) is 0 Å². The fraction of sp³-hybridized carbons (Fsp3) is 0.273. The van der Waals surface area contributed by atoms with Crippen molar-refractivity contribution in [2.45, 2.75) is 38.9 Å². The predicted molar refractivity (Wildman–Crippen MR) is 104 cm³/mol. The molecule has 5 rings (SSSR count). The molecule has 0 bridgehead atoms. The van der Waals surface area contributed by atoms with Crippen LogP contribution < -0.4 is 5.46 Å². The largest absolute Gasteiger partial charge is 0.494 e. The van der Waals surface area contributed by atoms with Crippen LogP contribution in [0.15, 0.2) is 54.6 Å². The highest BCUT2D eigenvalue weighted by Crippen LogP contribution is 2.47. The Morgan fingerprint density at radius 2 is 1.28 bits per heavy atom. The first kappa shape index (κ1) is 15.2. The molecule has 1 fully saturated rings. The molecule has 2 aliphatic rings. The van der Waals surface area contributed by atoms with Gasteiger partial charge in [-0.15, -0.1) is 0 Å². The number of hydrogen-bond donors (Lipinski definition) is 0. The second kappa shape index (κ2) is 4.75. The van der Waals surface area contributed by atoms with Crippen LogP contribution in [0.3, 0.4) is 0 Å². The zero-order valence-electron chi connectivity index (χ0n) is 15.1. The first-order valence-electron chi connectivity index (χ1n) is 8.89. The lowest BCUT2D eigenvalue weighted by molar-refractivity contribution is 0.00578. The van der Waals surface area contributed by atoms with Crippen LogP contribution in [-0.4, -0.2) is 18.3 Å². The van der Waals surface area contributed by atoms with Crippen molar-refractivity contribution in [3.63, 3.8) is 0 Å². The van der Waals surface area contributed by atoms with Crippen LogP contribution in [0.25, 0.3) is 33.0 Å². The summed E-state index contributed by atoms with van der Waals surface area (Å²) in [5, 5.41) is 2.58. The molecule has 0 aromatic heterocycles. The van der Waals surface area contributed by atoms with Gasteiger partial charge in [-0.2, -0.15) is 0 Å². The Morgan fingerprint density at radius 3 is 1.96 bits per heavy atom. The first-order valence-corrected chi connectivity index (χ1v) is 8.89. The average molecular weight is 328 g/mol. The van der Waals surface area contributed by atoms with Crippen LogP contribution in [0.1, 0.15) is 27.7 Å². The van der Waals surface area contributed by atoms with E-state index in [-0.39, 0.29) is 18.3 Å². The molecule has 124 valence electrons. The highest BCUT2D eigenvalue weighted by molar-refractivity contribution is 6.62. The van der Waals surface area contributed by atoms with Crippen molar-refractivity contribution >= 4 is 23.4 Å². The predicted octanol–water partition coefficient (Wildman–Crippen LogP) is 4.79. The molecule has 25 heavy (non-hydrogen) atoms. The lowest BCUT2D eigenvalue weighted by Gasteiger charge is -2.32. The fourth-order valence-corrected chi connectivity index (χ4v) is 3.96. The van der Waals surface area contributed by atoms with Crippen molar-refractivity contribution in [1.29, 1.82) is 0 Å². The normalized spacial score (nSPS) is 19.4. The smallest absolute Gasteiger partial charge is 0.399 e. The third kappa shape index (κ3) is 2.00. The summed E-state index contributed by atoms with van der Waals surface area (Å²) in [4.78, 5) is 0. The third-order valence-corrected chi connectivity index (χ3v) is 6.03. The molecule has 1 aliphatic carbocycles. The minimum atomic E-state index is -0.331. The molecule has 0 unspecified atom stereocenters. The van der Waals surface area contributed by atoms with Crippen LogP contribution in [0.4, 0.5) is 0 Å². The van der Waals surface area contributed by atoms with Gasteiger partial charge in [0.2, 0.25) is 0 Å². The van der Waals surface area contributed by atoms with Crippen molar-refractivity contribution < 1.29 is 9.31 Å². The Morgan fingerprint density at radius 1 is 0.680 bits per heavy atom. The first-order chi connectivity index (χ1) is 11.9. The molecule has 0 atom stereocenters. The van der Waals surface area contributed by atoms with Crippen molar-refractivity contribution in [3.8, 4) is 22.3 Å². The van der Waals surface area contributed by atoms with Gasteiger partial charge in [-0.1, -0.05) is 54.6 Å². The number of rotatable bonds is 1. The van der Waals surface area contributed by atoms with E-state index in [2.05, 4.69) is 82.3 Å². The summed E-state index contributed by atoms with van der Waals surface area (Å²) in [5.74, 6) is 0. The molecule has 0 N–H and O–H groups in total. The quantitative estimate of drug-likeness (QED) is 0.468. The summed E-state index contributed by atoms with van der Waals surface area (Å²) >= 11 is 0. The molecule has 0 saturated carbocycles. The minimum Gasteiger partial charge on any atom is -0.399 e. The summed E-state index contributed by atoms with van der Waals surface area (Å²) < 4.78 is 12.6. The fourth-order valence-electron chi connectivity index (χ4n) is 3.96. The van der Waals surface area contributed by atoms with E-state index in [0.29, 0.717) is 0 Å². The molecule has 0 radical (unpaired) electrons. The van der Waals surface area contributed by atoms with E-state index < -0.39 is 0 Å². The van der Waals surface area contributed by atoms with Gasteiger partial charge in [0.25, 0.3) is 0 Å². The summed E-state index contributed by atoms with van der Waals surface area (Å²) in [5.41, 5.74) is 5.66. The van der Waals surface area contributed by atoms with Gasteiger partial charge in [0.05, 0.1) is 11.2 Å². The Balaban J connectivity index is 1.72. The van der Waals surface area contributed by atoms with E-state index in [4.69, 9.17) is 9.31 Å². The highest BCUT2D eigenvalue weighted by atomic mass is 16.7. The Hall–Kier alpha value is -2.10. The number of fused-ring (bicyclic) bond motifs is 3. The monoisotopic (exact) mass is 328 g/mol. The lowest BCUT2D eigenvalue weighted by Crippen LogP contribution is -2.41. The van der Waals surface area contributed by atoms with Gasteiger partial charge in [-0.05, 0) is 66.2 Å². The van der Waals surface area contributed by atoms with Gasteiger partial charge < -0.3 is 9.31 Å². The SMILES string of the molecule is CC1(C)OB(c2cc3c4c(cccc4c2)-c2ccccc2-3)OC1(C)C.